The second-order valence-electron chi connectivity index (χ2n) is 4.99. The Morgan fingerprint density at radius 1 is 1.05 bits per heavy atom. The zero-order chi connectivity index (χ0) is 14.8. The van der Waals surface area contributed by atoms with Gasteiger partial charge in [-0.05, 0) is 12.0 Å². The molecule has 1 aromatic heterocycles. The maximum atomic E-state index is 4.23. The Kier molecular flexibility index (Phi) is 7.60. The van der Waals surface area contributed by atoms with Crippen molar-refractivity contribution in [1.82, 2.24) is 10.2 Å². The van der Waals surface area contributed by atoms with Crippen LogP contribution in [0, 0.1) is 0 Å². The van der Waals surface area contributed by atoms with Gasteiger partial charge in [-0.25, -0.2) is 0 Å². The third kappa shape index (κ3) is 6.48. The van der Waals surface area contributed by atoms with Crippen LogP contribution in [0.5, 0.6) is 0 Å². The van der Waals surface area contributed by atoms with E-state index < -0.39 is 0 Å². The van der Waals surface area contributed by atoms with Crippen LogP contribution in [0.2, 0.25) is 0 Å². The smallest absolute Gasteiger partial charge is 0.206 e. The molecule has 2 rings (SSSR count). The molecule has 0 aliphatic carbocycles. The van der Waals surface area contributed by atoms with Crippen molar-refractivity contribution >= 4 is 28.2 Å². The molecule has 114 valence electrons. The zero-order valence-electron chi connectivity index (χ0n) is 12.5. The van der Waals surface area contributed by atoms with Gasteiger partial charge in [0.05, 0.1) is 0 Å². The lowest BCUT2D eigenvalue weighted by Crippen LogP contribution is -2.00. The van der Waals surface area contributed by atoms with Gasteiger partial charge in [-0.3, -0.25) is 0 Å². The lowest BCUT2D eigenvalue weighted by molar-refractivity contribution is 0.645. The summed E-state index contributed by atoms with van der Waals surface area (Å²) < 4.78 is 1.03. The standard InChI is InChI=1S/C16H23N3S2/c1-2-3-4-5-9-12-17-15-18-19-16(21-15)20-13-14-10-7-6-8-11-14/h6-8,10-11H,2-5,9,12-13H2,1H3,(H,17,18). The number of unbranched alkanes of at least 4 members (excludes halogenated alkanes) is 4. The van der Waals surface area contributed by atoms with Crippen LogP contribution >= 0.6 is 23.1 Å². The molecule has 21 heavy (non-hydrogen) atoms. The van der Waals surface area contributed by atoms with E-state index in [1.165, 1.54) is 37.7 Å². The van der Waals surface area contributed by atoms with Crippen molar-refractivity contribution in [2.75, 3.05) is 11.9 Å². The van der Waals surface area contributed by atoms with Crippen LogP contribution in [0.1, 0.15) is 44.6 Å². The van der Waals surface area contributed by atoms with Crippen LogP contribution < -0.4 is 5.32 Å². The minimum absolute atomic E-state index is 0.945. The lowest BCUT2D eigenvalue weighted by Gasteiger charge is -2.01. The van der Waals surface area contributed by atoms with Crippen LogP contribution in [-0.2, 0) is 5.75 Å². The molecule has 0 bridgehead atoms. The fraction of sp³-hybridized carbons (Fsp3) is 0.500. The number of anilines is 1. The molecule has 0 aliphatic heterocycles. The molecule has 1 N–H and O–H groups in total. The molecule has 0 aliphatic rings. The van der Waals surface area contributed by atoms with Gasteiger partial charge in [0.25, 0.3) is 0 Å². The Morgan fingerprint density at radius 3 is 2.67 bits per heavy atom. The Morgan fingerprint density at radius 2 is 1.86 bits per heavy atom. The van der Waals surface area contributed by atoms with Crippen molar-refractivity contribution in [2.24, 2.45) is 0 Å². The van der Waals surface area contributed by atoms with Crippen LogP contribution in [0.3, 0.4) is 0 Å². The van der Waals surface area contributed by atoms with Crippen molar-refractivity contribution in [3.05, 3.63) is 35.9 Å². The number of thioether (sulfide) groups is 1. The quantitative estimate of drug-likeness (QED) is 0.481. The van der Waals surface area contributed by atoms with Crippen molar-refractivity contribution in [3.8, 4) is 0 Å². The third-order valence-electron chi connectivity index (χ3n) is 3.17. The van der Waals surface area contributed by atoms with E-state index in [2.05, 4.69) is 46.7 Å². The van der Waals surface area contributed by atoms with E-state index in [0.717, 1.165) is 21.8 Å². The highest BCUT2D eigenvalue weighted by Gasteiger charge is 2.04. The fourth-order valence-corrected chi connectivity index (χ4v) is 3.72. The molecule has 0 spiro atoms. The highest BCUT2D eigenvalue weighted by atomic mass is 32.2. The van der Waals surface area contributed by atoms with E-state index >= 15 is 0 Å². The van der Waals surface area contributed by atoms with Gasteiger partial charge in [0.15, 0.2) is 4.34 Å². The Hall–Kier alpha value is -1.07. The summed E-state index contributed by atoms with van der Waals surface area (Å²) in [5.41, 5.74) is 1.32. The normalized spacial score (nSPS) is 10.7. The molecule has 0 radical (unpaired) electrons. The summed E-state index contributed by atoms with van der Waals surface area (Å²) in [7, 11) is 0. The van der Waals surface area contributed by atoms with Crippen LogP contribution in [-0.4, -0.2) is 16.7 Å². The SMILES string of the molecule is CCCCCCCNc1nnc(SCc2ccccc2)s1. The van der Waals surface area contributed by atoms with Crippen LogP contribution in [0.25, 0.3) is 0 Å². The molecule has 0 saturated carbocycles. The fourth-order valence-electron chi connectivity index (χ4n) is 1.98. The number of nitrogens with zero attached hydrogens (tertiary/aromatic N) is 2. The largest absolute Gasteiger partial charge is 0.360 e. The topological polar surface area (TPSA) is 37.8 Å². The maximum Gasteiger partial charge on any atom is 0.206 e. The molecule has 3 nitrogen and oxygen atoms in total. The highest BCUT2D eigenvalue weighted by molar-refractivity contribution is 8.00. The Bertz CT molecular complexity index is 499. The Labute approximate surface area is 135 Å². The van der Waals surface area contributed by atoms with Gasteiger partial charge in [0, 0.05) is 12.3 Å². The van der Waals surface area contributed by atoms with Gasteiger partial charge in [0.2, 0.25) is 5.13 Å². The van der Waals surface area contributed by atoms with Crippen molar-refractivity contribution in [2.45, 2.75) is 49.1 Å². The van der Waals surface area contributed by atoms with Gasteiger partial charge >= 0.3 is 0 Å². The molecule has 0 atom stereocenters. The molecule has 0 saturated heterocycles. The monoisotopic (exact) mass is 321 g/mol. The van der Waals surface area contributed by atoms with Gasteiger partial charge in [0.1, 0.15) is 0 Å². The first-order chi connectivity index (χ1) is 10.4. The second-order valence-corrected chi connectivity index (χ2v) is 7.19. The summed E-state index contributed by atoms with van der Waals surface area (Å²) in [6.07, 6.45) is 6.50. The summed E-state index contributed by atoms with van der Waals surface area (Å²) in [4.78, 5) is 0. The summed E-state index contributed by atoms with van der Waals surface area (Å²) >= 11 is 3.40. The first kappa shape index (κ1) is 16.3. The number of aromatic nitrogens is 2. The van der Waals surface area contributed by atoms with Gasteiger partial charge in [-0.2, -0.15) is 0 Å². The first-order valence-corrected chi connectivity index (χ1v) is 9.43. The maximum absolute atomic E-state index is 4.23. The molecule has 0 fully saturated rings. The van der Waals surface area contributed by atoms with Crippen LogP contribution in [0.4, 0.5) is 5.13 Å². The summed E-state index contributed by atoms with van der Waals surface area (Å²) in [6.45, 7) is 3.25. The number of benzene rings is 1. The predicted octanol–water partition coefficient (Wildman–Crippen LogP) is 5.21. The summed E-state index contributed by atoms with van der Waals surface area (Å²) in [5.74, 6) is 0.951. The minimum Gasteiger partial charge on any atom is -0.360 e. The second kappa shape index (κ2) is 9.79. The zero-order valence-corrected chi connectivity index (χ0v) is 14.2. The Balaban J connectivity index is 1.64. The average Bonchev–Trinajstić information content (AvgIpc) is 2.98. The number of hydrogen-bond donors (Lipinski definition) is 1. The summed E-state index contributed by atoms with van der Waals surface area (Å²) in [5, 5.41) is 12.7. The van der Waals surface area contributed by atoms with Crippen molar-refractivity contribution < 1.29 is 0 Å². The van der Waals surface area contributed by atoms with E-state index in [0.29, 0.717) is 0 Å². The van der Waals surface area contributed by atoms with E-state index in [4.69, 9.17) is 0 Å². The first-order valence-electron chi connectivity index (χ1n) is 7.62. The van der Waals surface area contributed by atoms with Gasteiger partial charge in [-0.15, -0.1) is 10.2 Å². The number of rotatable bonds is 10. The lowest BCUT2D eigenvalue weighted by atomic mass is 10.1. The van der Waals surface area contributed by atoms with E-state index in [9.17, 15) is 0 Å². The van der Waals surface area contributed by atoms with E-state index in [-0.39, 0.29) is 0 Å². The molecule has 1 aromatic carbocycles. The third-order valence-corrected chi connectivity index (χ3v) is 5.25. The van der Waals surface area contributed by atoms with Crippen molar-refractivity contribution in [3.63, 3.8) is 0 Å². The van der Waals surface area contributed by atoms with Gasteiger partial charge in [-0.1, -0.05) is 86.0 Å². The molecule has 0 amide bonds. The molecular weight excluding hydrogens is 298 g/mol. The average molecular weight is 322 g/mol. The van der Waals surface area contributed by atoms with E-state index in [1.54, 1.807) is 23.1 Å². The molecule has 2 aromatic rings. The molecule has 5 heteroatoms. The predicted molar refractivity (Wildman–Crippen MR) is 93.2 cm³/mol. The van der Waals surface area contributed by atoms with E-state index in [1.807, 2.05) is 6.07 Å². The van der Waals surface area contributed by atoms with Crippen LogP contribution in [0.15, 0.2) is 34.7 Å². The number of nitrogens with one attached hydrogen (secondary N) is 1. The highest BCUT2D eigenvalue weighted by Crippen LogP contribution is 2.28. The summed E-state index contributed by atoms with van der Waals surface area (Å²) in [6, 6.07) is 10.5. The minimum atomic E-state index is 0.945. The molecule has 0 unspecified atom stereocenters. The van der Waals surface area contributed by atoms with Gasteiger partial charge < -0.3 is 5.32 Å². The molecular formula is C16H23N3S2. The van der Waals surface area contributed by atoms with Crippen molar-refractivity contribution in [1.29, 1.82) is 0 Å². The number of hydrogen-bond acceptors (Lipinski definition) is 5. The molecule has 1 heterocycles.